The number of nitrogens with zero attached hydrogens (tertiary/aromatic N) is 1. The Bertz CT molecular complexity index is 363. The summed E-state index contributed by atoms with van der Waals surface area (Å²) in [6.45, 7) is 4.93. The molecule has 0 spiro atoms. The molecule has 1 N–H and O–H groups in total. The Hall–Kier alpha value is -1.47. The van der Waals surface area contributed by atoms with Gasteiger partial charge < -0.3 is 10.1 Å². The van der Waals surface area contributed by atoms with Gasteiger partial charge in [-0.15, -0.1) is 0 Å². The SMILES string of the molecule is CC(C)(C)OC(=O)N1CCNC(=O)C1CC(F)(F)F. The lowest BCUT2D eigenvalue weighted by molar-refractivity contribution is -0.158. The number of ether oxygens (including phenoxy) is 1. The number of carbonyl (C=O) groups is 2. The lowest BCUT2D eigenvalue weighted by Gasteiger charge is -2.36. The molecule has 1 fully saturated rings. The van der Waals surface area contributed by atoms with Crippen LogP contribution in [-0.4, -0.2) is 47.8 Å². The molecular formula is C11H17F3N2O3. The first kappa shape index (κ1) is 15.6. The monoisotopic (exact) mass is 282 g/mol. The van der Waals surface area contributed by atoms with Gasteiger partial charge in [-0.25, -0.2) is 4.79 Å². The summed E-state index contributed by atoms with van der Waals surface area (Å²) in [5, 5.41) is 2.31. The van der Waals surface area contributed by atoms with Crippen molar-refractivity contribution in [2.45, 2.75) is 45.0 Å². The summed E-state index contributed by atoms with van der Waals surface area (Å²) < 4.78 is 42.3. The Morgan fingerprint density at radius 1 is 1.42 bits per heavy atom. The van der Waals surface area contributed by atoms with Crippen LogP contribution in [0.5, 0.6) is 0 Å². The molecule has 0 bridgehead atoms. The van der Waals surface area contributed by atoms with E-state index in [1.165, 1.54) is 0 Å². The minimum absolute atomic E-state index is 0.00139. The first-order chi connectivity index (χ1) is 8.49. The molecule has 1 saturated heterocycles. The number of rotatable bonds is 1. The fraction of sp³-hybridized carbons (Fsp3) is 0.818. The summed E-state index contributed by atoms with van der Waals surface area (Å²) in [4.78, 5) is 24.1. The standard InChI is InChI=1S/C11H17F3N2O3/c1-10(2,3)19-9(18)16-5-4-15-8(17)7(16)6-11(12,13)14/h7H,4-6H2,1-3H3,(H,15,17). The first-order valence-corrected chi connectivity index (χ1v) is 5.84. The molecule has 0 radical (unpaired) electrons. The van der Waals surface area contributed by atoms with E-state index in [1.54, 1.807) is 20.8 Å². The summed E-state index contributed by atoms with van der Waals surface area (Å²) in [5.41, 5.74) is -0.826. The van der Waals surface area contributed by atoms with Gasteiger partial charge in [0.25, 0.3) is 0 Å². The number of hydrogen-bond acceptors (Lipinski definition) is 3. The molecule has 1 atom stereocenters. The zero-order valence-corrected chi connectivity index (χ0v) is 11.0. The van der Waals surface area contributed by atoms with Gasteiger partial charge in [0.15, 0.2) is 0 Å². The Balaban J connectivity index is 2.82. The average Bonchev–Trinajstić information content (AvgIpc) is 2.16. The highest BCUT2D eigenvalue weighted by atomic mass is 19.4. The van der Waals surface area contributed by atoms with Crippen LogP contribution in [0.25, 0.3) is 0 Å². The summed E-state index contributed by atoms with van der Waals surface area (Å²) >= 11 is 0. The summed E-state index contributed by atoms with van der Waals surface area (Å²) in [5.74, 6) is -0.811. The van der Waals surface area contributed by atoms with Gasteiger partial charge >= 0.3 is 12.3 Å². The lowest BCUT2D eigenvalue weighted by atomic mass is 10.1. The van der Waals surface area contributed by atoms with Gasteiger partial charge in [-0.05, 0) is 20.8 Å². The third-order valence-electron chi connectivity index (χ3n) is 2.38. The minimum atomic E-state index is -4.53. The van der Waals surface area contributed by atoms with Crippen molar-refractivity contribution < 1.29 is 27.5 Å². The van der Waals surface area contributed by atoms with Crippen molar-refractivity contribution in [1.29, 1.82) is 0 Å². The smallest absolute Gasteiger partial charge is 0.411 e. The molecule has 1 aliphatic heterocycles. The molecule has 2 amide bonds. The molecule has 1 heterocycles. The predicted molar refractivity (Wildman–Crippen MR) is 60.4 cm³/mol. The number of halogens is 3. The number of hydrogen-bond donors (Lipinski definition) is 1. The maximum Gasteiger partial charge on any atom is 0.411 e. The van der Waals surface area contributed by atoms with E-state index in [9.17, 15) is 22.8 Å². The topological polar surface area (TPSA) is 58.6 Å². The van der Waals surface area contributed by atoms with Crippen molar-refractivity contribution in [1.82, 2.24) is 10.2 Å². The van der Waals surface area contributed by atoms with Gasteiger partial charge in [0.2, 0.25) is 5.91 Å². The van der Waals surface area contributed by atoms with Crippen molar-refractivity contribution in [3.63, 3.8) is 0 Å². The minimum Gasteiger partial charge on any atom is -0.444 e. The van der Waals surface area contributed by atoms with Crippen LogP contribution in [0.4, 0.5) is 18.0 Å². The van der Waals surface area contributed by atoms with Crippen LogP contribution in [-0.2, 0) is 9.53 Å². The van der Waals surface area contributed by atoms with E-state index >= 15 is 0 Å². The average molecular weight is 282 g/mol. The van der Waals surface area contributed by atoms with Crippen LogP contribution in [0, 0.1) is 0 Å². The van der Waals surface area contributed by atoms with Crippen molar-refractivity contribution >= 4 is 12.0 Å². The molecule has 5 nitrogen and oxygen atoms in total. The van der Waals surface area contributed by atoms with Crippen molar-refractivity contribution in [2.75, 3.05) is 13.1 Å². The van der Waals surface area contributed by atoms with Crippen LogP contribution >= 0.6 is 0 Å². The van der Waals surface area contributed by atoms with E-state index in [0.717, 1.165) is 4.90 Å². The summed E-state index contributed by atoms with van der Waals surface area (Å²) in [6.07, 6.45) is -6.81. The maximum atomic E-state index is 12.4. The van der Waals surface area contributed by atoms with Gasteiger partial charge in [-0.2, -0.15) is 13.2 Å². The normalized spacial score (nSPS) is 21.1. The molecule has 8 heteroatoms. The zero-order valence-electron chi connectivity index (χ0n) is 11.0. The zero-order chi connectivity index (χ0) is 14.8. The Morgan fingerprint density at radius 2 is 2.00 bits per heavy atom. The van der Waals surface area contributed by atoms with Crippen molar-refractivity contribution in [2.24, 2.45) is 0 Å². The number of alkyl halides is 3. The third kappa shape index (κ3) is 4.96. The highest BCUT2D eigenvalue weighted by Crippen LogP contribution is 2.26. The molecule has 110 valence electrons. The molecular weight excluding hydrogens is 265 g/mol. The molecule has 0 aliphatic carbocycles. The Kier molecular flexibility index (Phi) is 4.32. The van der Waals surface area contributed by atoms with Crippen molar-refractivity contribution in [3.05, 3.63) is 0 Å². The number of carbonyl (C=O) groups excluding carboxylic acids is 2. The van der Waals surface area contributed by atoms with Crippen LogP contribution in [0.1, 0.15) is 27.2 Å². The van der Waals surface area contributed by atoms with E-state index in [0.29, 0.717) is 0 Å². The summed E-state index contributed by atoms with van der Waals surface area (Å²) in [7, 11) is 0. The molecule has 19 heavy (non-hydrogen) atoms. The number of amides is 2. The number of piperazine rings is 1. The largest absolute Gasteiger partial charge is 0.444 e. The fourth-order valence-corrected chi connectivity index (χ4v) is 1.68. The van der Waals surface area contributed by atoms with Crippen molar-refractivity contribution in [3.8, 4) is 0 Å². The van der Waals surface area contributed by atoms with E-state index in [2.05, 4.69) is 5.32 Å². The predicted octanol–water partition coefficient (Wildman–Crippen LogP) is 1.67. The van der Waals surface area contributed by atoms with E-state index < -0.39 is 36.2 Å². The highest BCUT2D eigenvalue weighted by Gasteiger charge is 2.43. The molecule has 0 aromatic rings. The molecule has 1 unspecified atom stereocenters. The quantitative estimate of drug-likeness (QED) is 0.796. The van der Waals surface area contributed by atoms with Crippen LogP contribution in [0.15, 0.2) is 0 Å². The molecule has 1 aliphatic rings. The van der Waals surface area contributed by atoms with Gasteiger partial charge in [0, 0.05) is 13.1 Å². The second-order valence-electron chi connectivity index (χ2n) is 5.30. The molecule has 0 saturated carbocycles. The van der Waals surface area contributed by atoms with Gasteiger partial charge in [0.05, 0.1) is 6.42 Å². The Morgan fingerprint density at radius 3 is 2.47 bits per heavy atom. The van der Waals surface area contributed by atoms with E-state index in [-0.39, 0.29) is 13.1 Å². The first-order valence-electron chi connectivity index (χ1n) is 5.84. The van der Waals surface area contributed by atoms with Crippen LogP contribution in [0.2, 0.25) is 0 Å². The van der Waals surface area contributed by atoms with E-state index in [4.69, 9.17) is 4.74 Å². The van der Waals surface area contributed by atoms with Gasteiger partial charge in [-0.1, -0.05) is 0 Å². The molecule has 0 aromatic carbocycles. The number of nitrogens with one attached hydrogen (secondary N) is 1. The molecule has 1 rings (SSSR count). The van der Waals surface area contributed by atoms with Crippen LogP contribution in [0.3, 0.4) is 0 Å². The second-order valence-corrected chi connectivity index (χ2v) is 5.30. The van der Waals surface area contributed by atoms with Gasteiger partial charge in [-0.3, -0.25) is 9.69 Å². The molecule has 0 aromatic heterocycles. The lowest BCUT2D eigenvalue weighted by Crippen LogP contribution is -2.59. The second kappa shape index (κ2) is 5.26. The van der Waals surface area contributed by atoms with E-state index in [1.807, 2.05) is 0 Å². The summed E-state index contributed by atoms with van der Waals surface area (Å²) in [6, 6.07) is -1.57. The Labute approximate surface area is 109 Å². The van der Waals surface area contributed by atoms with Gasteiger partial charge in [0.1, 0.15) is 11.6 Å². The fourth-order valence-electron chi connectivity index (χ4n) is 1.68. The maximum absolute atomic E-state index is 12.4. The highest BCUT2D eigenvalue weighted by molar-refractivity contribution is 5.86. The third-order valence-corrected chi connectivity index (χ3v) is 2.38. The van der Waals surface area contributed by atoms with Crippen LogP contribution < -0.4 is 5.32 Å².